The van der Waals surface area contributed by atoms with Crippen LogP contribution in [-0.2, 0) is 4.74 Å². The Morgan fingerprint density at radius 1 is 0.628 bits per heavy atom. The van der Waals surface area contributed by atoms with Crippen LogP contribution in [-0.4, -0.2) is 33.0 Å². The normalized spacial score (nSPS) is 14.0. The van der Waals surface area contributed by atoms with Gasteiger partial charge in [0.2, 0.25) is 23.3 Å². The number of unbranched alkanes of at least 4 members (excludes halogenated alkanes) is 3. The molecule has 0 bridgehead atoms. The summed E-state index contributed by atoms with van der Waals surface area (Å²) in [5, 5.41) is 0. The Hall–Kier alpha value is -2.81. The lowest BCUT2D eigenvalue weighted by atomic mass is 9.84. The maximum absolute atomic E-state index is 14.9. The average Bonchev–Trinajstić information content (AvgIpc) is 2.97. The summed E-state index contributed by atoms with van der Waals surface area (Å²) in [6, 6.07) is 7.45. The predicted octanol–water partition coefficient (Wildman–Crippen LogP) is 8.89. The van der Waals surface area contributed by atoms with E-state index in [4.69, 9.17) is 18.9 Å². The summed E-state index contributed by atoms with van der Waals surface area (Å²) in [6.07, 6.45) is 2.56. The minimum atomic E-state index is -2.29. The Morgan fingerprint density at radius 3 is 1.49 bits per heavy atom. The number of halogens is 9. The molecule has 0 unspecified atom stereocenters. The van der Waals surface area contributed by atoms with E-state index in [0.717, 1.165) is 3.57 Å². The first kappa shape index (κ1) is 33.1. The molecule has 0 atom stereocenters. The van der Waals surface area contributed by atoms with E-state index in [1.165, 1.54) is 0 Å². The SMILES string of the molecule is CCC1(COc2c(F)c(F)c(-c3c(F)c(F)c(OCCCCCCOc4ccc(I)cc4)c(F)c3F)c(F)c2F)COC1. The van der Waals surface area contributed by atoms with Crippen molar-refractivity contribution in [1.82, 2.24) is 0 Å². The zero-order valence-electron chi connectivity index (χ0n) is 22.9. The summed E-state index contributed by atoms with van der Waals surface area (Å²) < 4.78 is 140. The Bertz CT molecular complexity index is 1380. The van der Waals surface area contributed by atoms with Crippen LogP contribution in [0.5, 0.6) is 17.2 Å². The minimum Gasteiger partial charge on any atom is -0.494 e. The molecule has 1 heterocycles. The van der Waals surface area contributed by atoms with E-state index in [1.54, 1.807) is 6.92 Å². The first-order valence-corrected chi connectivity index (χ1v) is 14.5. The summed E-state index contributed by atoms with van der Waals surface area (Å²) >= 11 is 2.17. The zero-order chi connectivity index (χ0) is 31.3. The van der Waals surface area contributed by atoms with Gasteiger partial charge in [-0.2, -0.15) is 17.6 Å². The molecule has 0 aliphatic carbocycles. The highest BCUT2D eigenvalue weighted by Gasteiger charge is 2.40. The van der Waals surface area contributed by atoms with Gasteiger partial charge < -0.3 is 18.9 Å². The van der Waals surface area contributed by atoms with Crippen LogP contribution < -0.4 is 14.2 Å². The van der Waals surface area contributed by atoms with Gasteiger partial charge in [-0.3, -0.25) is 0 Å². The molecule has 0 radical (unpaired) electrons. The second kappa shape index (κ2) is 14.3. The zero-order valence-corrected chi connectivity index (χ0v) is 25.1. The van der Waals surface area contributed by atoms with Crippen molar-refractivity contribution < 1.29 is 54.1 Å². The quantitative estimate of drug-likeness (QED) is 0.0719. The van der Waals surface area contributed by atoms with E-state index in [2.05, 4.69) is 22.6 Å². The van der Waals surface area contributed by atoms with Gasteiger partial charge in [0.15, 0.2) is 34.8 Å². The molecule has 0 aromatic heterocycles. The summed E-state index contributed by atoms with van der Waals surface area (Å²) in [6.45, 7) is 1.83. The van der Waals surface area contributed by atoms with Gasteiger partial charge in [0, 0.05) is 3.57 Å². The van der Waals surface area contributed by atoms with Crippen molar-refractivity contribution in [1.29, 1.82) is 0 Å². The van der Waals surface area contributed by atoms with E-state index in [9.17, 15) is 35.1 Å². The number of hydrogen-bond donors (Lipinski definition) is 0. The number of hydrogen-bond acceptors (Lipinski definition) is 4. The van der Waals surface area contributed by atoms with Crippen molar-refractivity contribution in [3.8, 4) is 28.4 Å². The Kier molecular flexibility index (Phi) is 11.0. The van der Waals surface area contributed by atoms with Crippen molar-refractivity contribution in [2.75, 3.05) is 33.0 Å². The van der Waals surface area contributed by atoms with Crippen LogP contribution in [0.1, 0.15) is 39.0 Å². The highest BCUT2D eigenvalue weighted by molar-refractivity contribution is 14.1. The molecule has 0 amide bonds. The molecular weight excluding hydrogens is 703 g/mol. The Morgan fingerprint density at radius 2 is 1.07 bits per heavy atom. The van der Waals surface area contributed by atoms with Crippen molar-refractivity contribution >= 4 is 22.6 Å². The van der Waals surface area contributed by atoms with Gasteiger partial charge >= 0.3 is 0 Å². The second-order valence-electron chi connectivity index (χ2n) is 10.1. The molecule has 1 fully saturated rings. The lowest BCUT2D eigenvalue weighted by Gasteiger charge is -2.40. The van der Waals surface area contributed by atoms with Crippen LogP contribution in [0.3, 0.4) is 0 Å². The molecule has 13 heteroatoms. The third-order valence-electron chi connectivity index (χ3n) is 7.15. The first-order valence-electron chi connectivity index (χ1n) is 13.4. The molecule has 1 aliphatic rings. The molecule has 1 saturated heterocycles. The fourth-order valence-electron chi connectivity index (χ4n) is 4.37. The van der Waals surface area contributed by atoms with Crippen LogP contribution in [0, 0.1) is 55.5 Å². The van der Waals surface area contributed by atoms with Crippen LogP contribution in [0.2, 0.25) is 0 Å². The molecule has 0 N–H and O–H groups in total. The van der Waals surface area contributed by atoms with Gasteiger partial charge in [-0.05, 0) is 79.0 Å². The summed E-state index contributed by atoms with van der Waals surface area (Å²) in [5.41, 5.74) is -4.57. The molecule has 0 saturated carbocycles. The third-order valence-corrected chi connectivity index (χ3v) is 7.87. The molecule has 234 valence electrons. The number of rotatable bonds is 14. The molecule has 43 heavy (non-hydrogen) atoms. The van der Waals surface area contributed by atoms with Gasteiger partial charge in [-0.1, -0.05) is 6.92 Å². The number of ether oxygens (including phenoxy) is 4. The van der Waals surface area contributed by atoms with Crippen LogP contribution in [0.15, 0.2) is 24.3 Å². The van der Waals surface area contributed by atoms with E-state index < -0.39 is 74.6 Å². The van der Waals surface area contributed by atoms with Crippen LogP contribution in [0.4, 0.5) is 35.1 Å². The van der Waals surface area contributed by atoms with Gasteiger partial charge in [-0.25, -0.2) is 17.6 Å². The fraction of sp³-hybridized carbons (Fsp3) is 0.400. The largest absolute Gasteiger partial charge is 0.494 e. The fourth-order valence-corrected chi connectivity index (χ4v) is 4.73. The molecule has 3 aromatic rings. The Balaban J connectivity index is 1.42. The maximum atomic E-state index is 14.9. The summed E-state index contributed by atoms with van der Waals surface area (Å²) in [4.78, 5) is 0. The topological polar surface area (TPSA) is 36.9 Å². The lowest BCUT2D eigenvalue weighted by molar-refractivity contribution is -0.134. The van der Waals surface area contributed by atoms with Crippen molar-refractivity contribution in [3.63, 3.8) is 0 Å². The average molecular weight is 730 g/mol. The standard InChI is InChI=1S/C30H27F8IO4/c1-2-30(13-40-14-30)15-43-29-26(37)22(33)19(23(34)27(29)38)18-20(31)24(35)28(25(36)21(18)32)42-12-6-4-3-5-11-41-17-9-7-16(39)8-10-17/h7-10H,2-6,11-15H2,1H3. The maximum Gasteiger partial charge on any atom is 0.204 e. The van der Waals surface area contributed by atoms with Gasteiger partial charge in [-0.15, -0.1) is 0 Å². The monoisotopic (exact) mass is 730 g/mol. The van der Waals surface area contributed by atoms with E-state index in [1.807, 2.05) is 24.3 Å². The van der Waals surface area contributed by atoms with E-state index in [-0.39, 0.29) is 32.8 Å². The van der Waals surface area contributed by atoms with Crippen LogP contribution >= 0.6 is 22.6 Å². The Labute approximate surface area is 256 Å². The summed E-state index contributed by atoms with van der Waals surface area (Å²) in [7, 11) is 0. The molecule has 0 spiro atoms. The third kappa shape index (κ3) is 7.13. The molecular formula is C30H27F8IO4. The lowest BCUT2D eigenvalue weighted by Crippen LogP contribution is -2.46. The summed E-state index contributed by atoms with van der Waals surface area (Å²) in [5.74, 6) is -19.9. The molecule has 1 aliphatic heterocycles. The van der Waals surface area contributed by atoms with Gasteiger partial charge in [0.1, 0.15) is 5.75 Å². The van der Waals surface area contributed by atoms with Crippen molar-refractivity contribution in [2.45, 2.75) is 39.0 Å². The van der Waals surface area contributed by atoms with Gasteiger partial charge in [0.05, 0.1) is 49.6 Å². The van der Waals surface area contributed by atoms with Crippen molar-refractivity contribution in [3.05, 3.63) is 74.4 Å². The highest BCUT2D eigenvalue weighted by Crippen LogP contribution is 2.42. The van der Waals surface area contributed by atoms with Crippen LogP contribution in [0.25, 0.3) is 11.1 Å². The highest BCUT2D eigenvalue weighted by atomic mass is 127. The molecule has 3 aromatic carbocycles. The minimum absolute atomic E-state index is 0.183. The van der Waals surface area contributed by atoms with E-state index >= 15 is 0 Å². The molecule has 4 rings (SSSR count). The first-order chi connectivity index (χ1) is 20.5. The van der Waals surface area contributed by atoms with Crippen molar-refractivity contribution in [2.24, 2.45) is 5.41 Å². The predicted molar refractivity (Wildman–Crippen MR) is 149 cm³/mol. The number of benzene rings is 3. The van der Waals surface area contributed by atoms with E-state index in [0.29, 0.717) is 38.0 Å². The smallest absolute Gasteiger partial charge is 0.204 e. The van der Waals surface area contributed by atoms with Gasteiger partial charge in [0.25, 0.3) is 0 Å². The second-order valence-corrected chi connectivity index (χ2v) is 11.4. The molecule has 4 nitrogen and oxygen atoms in total.